The van der Waals surface area contributed by atoms with E-state index in [2.05, 4.69) is 10.4 Å². The highest BCUT2D eigenvalue weighted by atomic mass is 16.4. The summed E-state index contributed by atoms with van der Waals surface area (Å²) in [5, 5.41) is 16.3. The summed E-state index contributed by atoms with van der Waals surface area (Å²) in [6.07, 6.45) is 6.45. The van der Waals surface area contributed by atoms with Crippen LogP contribution in [0.15, 0.2) is 24.4 Å². The number of aryl methyl sites for hydroxylation is 1. The van der Waals surface area contributed by atoms with Crippen molar-refractivity contribution in [2.75, 3.05) is 5.32 Å². The van der Waals surface area contributed by atoms with Crippen LogP contribution in [0.5, 0.6) is 0 Å². The second-order valence-corrected chi connectivity index (χ2v) is 5.38. The summed E-state index contributed by atoms with van der Waals surface area (Å²) in [5.41, 5.74) is 0. The first-order valence-corrected chi connectivity index (χ1v) is 6.85. The van der Waals surface area contributed by atoms with Crippen molar-refractivity contribution in [1.82, 2.24) is 9.78 Å². The fourth-order valence-electron chi connectivity index (χ4n) is 3.33. The molecule has 6 nitrogen and oxygen atoms in total. The number of nitrogens with one attached hydrogen (secondary N) is 1. The van der Waals surface area contributed by atoms with Crippen molar-refractivity contribution >= 4 is 17.7 Å². The third kappa shape index (κ3) is 2.01. The molecule has 4 atom stereocenters. The quantitative estimate of drug-likeness (QED) is 0.813. The molecule has 0 radical (unpaired) electrons. The summed E-state index contributed by atoms with van der Waals surface area (Å²) in [5.74, 6) is -1.73. The first kappa shape index (κ1) is 12.9. The highest BCUT2D eigenvalue weighted by Crippen LogP contribution is 2.48. The topological polar surface area (TPSA) is 84.2 Å². The monoisotopic (exact) mass is 275 g/mol. The van der Waals surface area contributed by atoms with Crippen LogP contribution < -0.4 is 5.32 Å². The van der Waals surface area contributed by atoms with Gasteiger partial charge in [-0.3, -0.25) is 14.3 Å². The van der Waals surface area contributed by atoms with Crippen molar-refractivity contribution in [2.24, 2.45) is 23.7 Å². The van der Waals surface area contributed by atoms with Crippen LogP contribution in [0.4, 0.5) is 5.82 Å². The second-order valence-electron chi connectivity index (χ2n) is 5.38. The minimum atomic E-state index is -0.888. The fourth-order valence-corrected chi connectivity index (χ4v) is 3.33. The third-order valence-electron chi connectivity index (χ3n) is 4.26. The lowest BCUT2D eigenvalue weighted by Crippen LogP contribution is -2.36. The Morgan fingerprint density at radius 2 is 2.10 bits per heavy atom. The van der Waals surface area contributed by atoms with E-state index in [0.29, 0.717) is 5.82 Å². The molecule has 1 aromatic heterocycles. The molecule has 3 rings (SSSR count). The Balaban J connectivity index is 1.76. The van der Waals surface area contributed by atoms with Gasteiger partial charge in [0.2, 0.25) is 5.91 Å². The van der Waals surface area contributed by atoms with Crippen LogP contribution in [-0.2, 0) is 16.1 Å². The Morgan fingerprint density at radius 3 is 2.70 bits per heavy atom. The molecule has 2 aliphatic carbocycles. The molecule has 0 aliphatic heterocycles. The van der Waals surface area contributed by atoms with Gasteiger partial charge in [0.15, 0.2) is 5.82 Å². The van der Waals surface area contributed by atoms with E-state index in [0.717, 1.165) is 13.0 Å². The number of carbonyl (C=O) groups is 2. The minimum Gasteiger partial charge on any atom is -0.481 e. The van der Waals surface area contributed by atoms with E-state index in [-0.39, 0.29) is 17.7 Å². The molecule has 0 aromatic carbocycles. The number of aliphatic carboxylic acids is 1. The molecule has 0 saturated heterocycles. The number of hydrogen-bond acceptors (Lipinski definition) is 3. The molecule has 2 bridgehead atoms. The normalized spacial score (nSPS) is 30.6. The summed E-state index contributed by atoms with van der Waals surface area (Å²) in [6.45, 7) is 2.68. The van der Waals surface area contributed by atoms with Gasteiger partial charge in [0.1, 0.15) is 0 Å². The molecule has 1 amide bonds. The molecular formula is C14H17N3O3. The maximum atomic E-state index is 12.4. The third-order valence-corrected chi connectivity index (χ3v) is 4.26. The number of carboxylic acid groups (broad SMARTS) is 1. The molecule has 1 aromatic rings. The summed E-state index contributed by atoms with van der Waals surface area (Å²) >= 11 is 0. The molecule has 4 unspecified atom stereocenters. The summed E-state index contributed by atoms with van der Waals surface area (Å²) in [4.78, 5) is 23.7. The predicted octanol–water partition coefficient (Wildman–Crippen LogP) is 1.36. The molecule has 106 valence electrons. The van der Waals surface area contributed by atoms with Gasteiger partial charge < -0.3 is 10.4 Å². The van der Waals surface area contributed by atoms with E-state index in [9.17, 15) is 14.7 Å². The van der Waals surface area contributed by atoms with Crippen molar-refractivity contribution in [3.8, 4) is 0 Å². The van der Waals surface area contributed by atoms with Gasteiger partial charge in [-0.1, -0.05) is 12.2 Å². The summed E-state index contributed by atoms with van der Waals surface area (Å²) in [6, 6.07) is 1.72. The number of carboxylic acids is 1. The first-order valence-electron chi connectivity index (χ1n) is 6.85. The van der Waals surface area contributed by atoms with Gasteiger partial charge in [-0.25, -0.2) is 0 Å². The highest BCUT2D eigenvalue weighted by molar-refractivity contribution is 5.95. The summed E-state index contributed by atoms with van der Waals surface area (Å²) in [7, 11) is 0. The van der Waals surface area contributed by atoms with Gasteiger partial charge in [-0.05, 0) is 25.2 Å². The van der Waals surface area contributed by atoms with Crippen LogP contribution in [0.2, 0.25) is 0 Å². The van der Waals surface area contributed by atoms with Crippen LogP contribution >= 0.6 is 0 Å². The lowest BCUT2D eigenvalue weighted by molar-refractivity contribution is -0.146. The lowest BCUT2D eigenvalue weighted by Gasteiger charge is -2.23. The number of allylic oxidation sites excluding steroid dienone is 2. The molecule has 1 heterocycles. The number of aromatic nitrogens is 2. The average molecular weight is 275 g/mol. The van der Waals surface area contributed by atoms with Crippen LogP contribution in [0, 0.1) is 23.7 Å². The standard InChI is InChI=1S/C14H17N3O3/c1-2-17-6-5-10(16-17)15-13(18)11-8-3-4-9(7-8)12(11)14(19)20/h3-6,8-9,11-12H,2,7H2,1H3,(H,19,20)(H,15,16,18). The molecular weight excluding hydrogens is 258 g/mol. The van der Waals surface area contributed by atoms with E-state index in [1.54, 1.807) is 16.9 Å². The highest BCUT2D eigenvalue weighted by Gasteiger charge is 2.51. The average Bonchev–Trinajstić information content (AvgIpc) is 3.12. The van der Waals surface area contributed by atoms with Crippen LogP contribution in [0.1, 0.15) is 13.3 Å². The van der Waals surface area contributed by atoms with Gasteiger partial charge in [0, 0.05) is 18.8 Å². The Kier molecular flexibility index (Phi) is 3.08. The molecule has 1 saturated carbocycles. The fraction of sp³-hybridized carbons (Fsp3) is 0.500. The van der Waals surface area contributed by atoms with E-state index >= 15 is 0 Å². The Bertz CT molecular complexity index is 578. The van der Waals surface area contributed by atoms with Crippen molar-refractivity contribution in [1.29, 1.82) is 0 Å². The zero-order chi connectivity index (χ0) is 14.3. The Morgan fingerprint density at radius 1 is 1.40 bits per heavy atom. The number of anilines is 1. The van der Waals surface area contributed by atoms with Gasteiger partial charge in [0.25, 0.3) is 0 Å². The van der Waals surface area contributed by atoms with Crippen molar-refractivity contribution in [2.45, 2.75) is 19.9 Å². The number of hydrogen-bond donors (Lipinski definition) is 2. The number of fused-ring (bicyclic) bond motifs is 2. The van der Waals surface area contributed by atoms with E-state index in [4.69, 9.17) is 0 Å². The van der Waals surface area contributed by atoms with Gasteiger partial charge in [-0.2, -0.15) is 5.10 Å². The maximum Gasteiger partial charge on any atom is 0.307 e. The molecule has 2 aliphatic rings. The largest absolute Gasteiger partial charge is 0.481 e. The zero-order valence-electron chi connectivity index (χ0n) is 11.2. The Labute approximate surface area is 116 Å². The van der Waals surface area contributed by atoms with Crippen LogP contribution in [0.25, 0.3) is 0 Å². The van der Waals surface area contributed by atoms with Gasteiger partial charge in [-0.15, -0.1) is 0 Å². The predicted molar refractivity (Wildman–Crippen MR) is 71.9 cm³/mol. The number of rotatable bonds is 4. The van der Waals surface area contributed by atoms with E-state index in [1.165, 1.54) is 0 Å². The van der Waals surface area contributed by atoms with Crippen LogP contribution in [0.3, 0.4) is 0 Å². The Hall–Kier alpha value is -2.11. The lowest BCUT2D eigenvalue weighted by atomic mass is 9.82. The molecule has 2 N–H and O–H groups in total. The van der Waals surface area contributed by atoms with Gasteiger partial charge >= 0.3 is 5.97 Å². The minimum absolute atomic E-state index is 0.0125. The number of amides is 1. The maximum absolute atomic E-state index is 12.4. The van der Waals surface area contributed by atoms with Crippen LogP contribution in [-0.4, -0.2) is 26.8 Å². The van der Waals surface area contributed by atoms with Crippen molar-refractivity contribution < 1.29 is 14.7 Å². The molecule has 0 spiro atoms. The van der Waals surface area contributed by atoms with E-state index in [1.807, 2.05) is 19.1 Å². The SMILES string of the molecule is CCn1ccc(NC(=O)C2C3C=CC(C3)C2C(=O)O)n1. The molecule has 1 fully saturated rings. The summed E-state index contributed by atoms with van der Waals surface area (Å²) < 4.78 is 1.71. The number of carbonyl (C=O) groups excluding carboxylic acids is 1. The number of nitrogens with zero attached hydrogens (tertiary/aromatic N) is 2. The molecule has 20 heavy (non-hydrogen) atoms. The van der Waals surface area contributed by atoms with Gasteiger partial charge in [0.05, 0.1) is 11.8 Å². The first-order chi connectivity index (χ1) is 9.60. The second kappa shape index (κ2) is 4.77. The van der Waals surface area contributed by atoms with E-state index < -0.39 is 17.8 Å². The molecule has 6 heteroatoms. The van der Waals surface area contributed by atoms with Crippen molar-refractivity contribution in [3.63, 3.8) is 0 Å². The van der Waals surface area contributed by atoms with Crippen molar-refractivity contribution in [3.05, 3.63) is 24.4 Å². The smallest absolute Gasteiger partial charge is 0.307 e. The zero-order valence-corrected chi connectivity index (χ0v) is 11.2.